The molecule has 1 amide bonds. The topological polar surface area (TPSA) is 50.8 Å². The van der Waals surface area contributed by atoms with Crippen molar-refractivity contribution in [2.24, 2.45) is 5.92 Å². The summed E-state index contributed by atoms with van der Waals surface area (Å²) in [7, 11) is 3.24. The van der Waals surface area contributed by atoms with E-state index < -0.39 is 0 Å². The first-order valence-corrected chi connectivity index (χ1v) is 8.87. The Morgan fingerprint density at radius 2 is 1.68 bits per heavy atom. The van der Waals surface area contributed by atoms with Gasteiger partial charge < -0.3 is 19.7 Å². The van der Waals surface area contributed by atoms with Crippen LogP contribution in [0.4, 0.5) is 0 Å². The Morgan fingerprint density at radius 3 is 2.16 bits per heavy atom. The summed E-state index contributed by atoms with van der Waals surface area (Å²) in [6.07, 6.45) is 4.81. The highest BCUT2D eigenvalue weighted by Crippen LogP contribution is 2.31. The molecule has 1 aromatic carbocycles. The van der Waals surface area contributed by atoms with Crippen molar-refractivity contribution in [2.75, 3.05) is 33.9 Å². The second kappa shape index (κ2) is 8.77. The summed E-state index contributed by atoms with van der Waals surface area (Å²) in [4.78, 5) is 14.8. The fraction of sp³-hybridized carbons (Fsp3) is 0.632. The maximum Gasteiger partial charge on any atom is 0.254 e. The lowest BCUT2D eigenvalue weighted by Gasteiger charge is -2.32. The number of carbonyl (C=O) groups is 1. The lowest BCUT2D eigenvalue weighted by Crippen LogP contribution is -2.45. The first-order valence-electron chi connectivity index (χ1n) is 8.87. The van der Waals surface area contributed by atoms with Crippen LogP contribution in [0.3, 0.4) is 0 Å². The highest BCUT2D eigenvalue weighted by Gasteiger charge is 2.27. The van der Waals surface area contributed by atoms with Gasteiger partial charge >= 0.3 is 0 Å². The van der Waals surface area contributed by atoms with Crippen LogP contribution in [0.15, 0.2) is 12.1 Å². The fourth-order valence-corrected chi connectivity index (χ4v) is 3.33. The number of likely N-dealkylation sites (tertiary alicyclic amines) is 1. The van der Waals surface area contributed by atoms with E-state index in [2.05, 4.69) is 5.32 Å². The molecule has 3 rings (SSSR count). The molecule has 0 unspecified atom stereocenters. The first kappa shape index (κ1) is 19.9. The standard InChI is InChI=1S/C19H28N2O3.ClH/c1-13-17(23-2)10-15(11-18(13)24-3)19(22)21-8-6-16(7-9-21)20-12-14-4-5-14;/h10-11,14,16,20H,4-9,12H2,1-3H3;1H. The van der Waals surface area contributed by atoms with Crippen LogP contribution in [0.5, 0.6) is 11.5 Å². The number of ether oxygens (including phenoxy) is 2. The third-order valence-corrected chi connectivity index (χ3v) is 5.17. The van der Waals surface area contributed by atoms with Gasteiger partial charge in [-0.25, -0.2) is 0 Å². The number of amides is 1. The Labute approximate surface area is 156 Å². The molecule has 0 spiro atoms. The largest absolute Gasteiger partial charge is 0.496 e. The monoisotopic (exact) mass is 368 g/mol. The number of piperidine rings is 1. The second-order valence-corrected chi connectivity index (χ2v) is 6.92. The summed E-state index contributed by atoms with van der Waals surface area (Å²) in [5, 5.41) is 3.65. The summed E-state index contributed by atoms with van der Waals surface area (Å²) in [5.41, 5.74) is 1.55. The van der Waals surface area contributed by atoms with Crippen LogP contribution in [0, 0.1) is 12.8 Å². The van der Waals surface area contributed by atoms with Gasteiger partial charge in [0.15, 0.2) is 0 Å². The van der Waals surface area contributed by atoms with Crippen molar-refractivity contribution in [3.05, 3.63) is 23.3 Å². The number of hydrogen-bond donors (Lipinski definition) is 1. The smallest absolute Gasteiger partial charge is 0.254 e. The molecule has 1 heterocycles. The van der Waals surface area contributed by atoms with Gasteiger partial charge in [0, 0.05) is 30.3 Å². The molecule has 1 saturated carbocycles. The van der Waals surface area contributed by atoms with E-state index in [-0.39, 0.29) is 18.3 Å². The highest BCUT2D eigenvalue weighted by molar-refractivity contribution is 5.95. The zero-order valence-electron chi connectivity index (χ0n) is 15.3. The summed E-state index contributed by atoms with van der Waals surface area (Å²) in [6, 6.07) is 4.19. The predicted molar refractivity (Wildman–Crippen MR) is 101 cm³/mol. The number of methoxy groups -OCH3 is 2. The molecule has 1 saturated heterocycles. The van der Waals surface area contributed by atoms with Gasteiger partial charge in [-0.3, -0.25) is 4.79 Å². The molecule has 25 heavy (non-hydrogen) atoms. The molecular formula is C19H29ClN2O3. The minimum absolute atomic E-state index is 0. The average Bonchev–Trinajstić information content (AvgIpc) is 3.44. The van der Waals surface area contributed by atoms with Crippen molar-refractivity contribution in [1.29, 1.82) is 0 Å². The van der Waals surface area contributed by atoms with Crippen LogP contribution in [0.25, 0.3) is 0 Å². The van der Waals surface area contributed by atoms with E-state index in [9.17, 15) is 4.79 Å². The SMILES string of the molecule is COc1cc(C(=O)N2CCC(NCC3CC3)CC2)cc(OC)c1C.Cl. The molecule has 1 aliphatic heterocycles. The van der Waals surface area contributed by atoms with Crippen molar-refractivity contribution in [2.45, 2.75) is 38.6 Å². The zero-order chi connectivity index (χ0) is 17.1. The Balaban J connectivity index is 0.00000225. The van der Waals surface area contributed by atoms with E-state index >= 15 is 0 Å². The molecule has 0 radical (unpaired) electrons. The van der Waals surface area contributed by atoms with Gasteiger partial charge in [-0.2, -0.15) is 0 Å². The quantitative estimate of drug-likeness (QED) is 0.838. The summed E-state index contributed by atoms with van der Waals surface area (Å²) in [6.45, 7) is 4.69. The number of nitrogens with one attached hydrogen (secondary N) is 1. The Kier molecular flexibility index (Phi) is 6.96. The first-order chi connectivity index (χ1) is 11.6. The number of hydrogen-bond acceptors (Lipinski definition) is 4. The predicted octanol–water partition coefficient (Wildman–Crippen LogP) is 3.04. The minimum atomic E-state index is 0. The lowest BCUT2D eigenvalue weighted by molar-refractivity contribution is 0.0704. The Bertz CT molecular complexity index is 571. The van der Waals surface area contributed by atoms with Gasteiger partial charge in [0.2, 0.25) is 0 Å². The van der Waals surface area contributed by atoms with Crippen LogP contribution in [0.2, 0.25) is 0 Å². The zero-order valence-corrected chi connectivity index (χ0v) is 16.2. The number of rotatable bonds is 6. The molecule has 2 aliphatic rings. The van der Waals surface area contributed by atoms with E-state index in [0.29, 0.717) is 23.1 Å². The number of halogens is 1. The molecule has 0 atom stereocenters. The van der Waals surface area contributed by atoms with Crippen molar-refractivity contribution in [3.8, 4) is 11.5 Å². The van der Waals surface area contributed by atoms with Gasteiger partial charge in [-0.1, -0.05) is 0 Å². The van der Waals surface area contributed by atoms with E-state index in [1.54, 1.807) is 14.2 Å². The van der Waals surface area contributed by atoms with Crippen molar-refractivity contribution < 1.29 is 14.3 Å². The molecule has 140 valence electrons. The number of carbonyl (C=O) groups excluding carboxylic acids is 1. The molecule has 1 aliphatic carbocycles. The van der Waals surface area contributed by atoms with Crippen LogP contribution < -0.4 is 14.8 Å². The van der Waals surface area contributed by atoms with Crippen LogP contribution in [-0.4, -0.2) is 50.7 Å². The maximum atomic E-state index is 12.8. The maximum absolute atomic E-state index is 12.8. The molecule has 0 aromatic heterocycles. The van der Waals surface area contributed by atoms with E-state index in [1.165, 1.54) is 12.8 Å². The third kappa shape index (κ3) is 4.79. The molecular weight excluding hydrogens is 340 g/mol. The van der Waals surface area contributed by atoms with Crippen molar-refractivity contribution >= 4 is 18.3 Å². The minimum Gasteiger partial charge on any atom is -0.496 e. The van der Waals surface area contributed by atoms with Gasteiger partial charge in [0.25, 0.3) is 5.91 Å². The fourth-order valence-electron chi connectivity index (χ4n) is 3.33. The molecule has 1 N–H and O–H groups in total. The average molecular weight is 369 g/mol. The lowest BCUT2D eigenvalue weighted by atomic mass is 10.0. The summed E-state index contributed by atoms with van der Waals surface area (Å²) < 4.78 is 10.8. The Morgan fingerprint density at radius 1 is 1.12 bits per heavy atom. The van der Waals surface area contributed by atoms with Gasteiger partial charge in [-0.15, -0.1) is 12.4 Å². The Hall–Kier alpha value is -1.46. The van der Waals surface area contributed by atoms with Crippen molar-refractivity contribution in [1.82, 2.24) is 10.2 Å². The van der Waals surface area contributed by atoms with Gasteiger partial charge in [-0.05, 0) is 57.2 Å². The summed E-state index contributed by atoms with van der Waals surface area (Å²) >= 11 is 0. The van der Waals surface area contributed by atoms with Crippen LogP contribution in [-0.2, 0) is 0 Å². The second-order valence-electron chi connectivity index (χ2n) is 6.92. The molecule has 5 nitrogen and oxygen atoms in total. The highest BCUT2D eigenvalue weighted by atomic mass is 35.5. The normalized spacial score (nSPS) is 17.8. The van der Waals surface area contributed by atoms with E-state index in [4.69, 9.17) is 9.47 Å². The van der Waals surface area contributed by atoms with E-state index in [1.807, 2.05) is 24.0 Å². The van der Waals surface area contributed by atoms with Crippen molar-refractivity contribution in [3.63, 3.8) is 0 Å². The third-order valence-electron chi connectivity index (χ3n) is 5.17. The van der Waals surface area contributed by atoms with Crippen LogP contribution >= 0.6 is 12.4 Å². The van der Waals surface area contributed by atoms with Crippen LogP contribution in [0.1, 0.15) is 41.6 Å². The molecule has 0 bridgehead atoms. The number of benzene rings is 1. The number of nitrogens with zero attached hydrogens (tertiary/aromatic N) is 1. The molecule has 2 fully saturated rings. The molecule has 6 heteroatoms. The van der Waals surface area contributed by atoms with Gasteiger partial charge in [0.05, 0.1) is 14.2 Å². The van der Waals surface area contributed by atoms with E-state index in [0.717, 1.165) is 44.0 Å². The molecule has 1 aromatic rings. The summed E-state index contributed by atoms with van der Waals surface area (Å²) in [5.74, 6) is 2.35. The van der Waals surface area contributed by atoms with Gasteiger partial charge in [0.1, 0.15) is 11.5 Å².